The Kier molecular flexibility index (Phi) is 10.0. The standard InChI is InChI=1S/C38H13F15N4.C2H6/c1-9-8-16-19(22-27(43)33(49)37(53)34(50)28(22)44)14-5-4-11(55-14)17(20-23(39)29(45)35(51)30(46)24(20)40)10-2-3-12(54-10)18(13-6-7-15(56-13)38(9)57-16)21-25(41)31(47)36(52)32(48)26(21)42;1-2/h2-8,55-57H,1H3;1-2H3. The number of nitrogens with zero attached hydrogens (tertiary/aromatic N) is 1. The lowest BCUT2D eigenvalue weighted by atomic mass is 10.0. The van der Waals surface area contributed by atoms with Crippen molar-refractivity contribution in [2.24, 2.45) is 0 Å². The third-order valence-corrected chi connectivity index (χ3v) is 9.27. The van der Waals surface area contributed by atoms with Gasteiger partial charge in [0, 0.05) is 38.8 Å². The normalized spacial score (nSPS) is 11.8. The van der Waals surface area contributed by atoms with Crippen LogP contribution in [0.3, 0.4) is 0 Å². The van der Waals surface area contributed by atoms with Gasteiger partial charge in [0.25, 0.3) is 0 Å². The van der Waals surface area contributed by atoms with Gasteiger partial charge in [0.05, 0.1) is 39.1 Å². The maximum absolute atomic E-state index is 15.6. The number of H-pyrrole nitrogens is 3. The molecule has 3 aromatic carbocycles. The highest BCUT2D eigenvalue weighted by Gasteiger charge is 2.33. The summed E-state index contributed by atoms with van der Waals surface area (Å²) in [4.78, 5) is 11.9. The first kappa shape index (κ1) is 40.5. The molecule has 0 amide bonds. The van der Waals surface area contributed by atoms with E-state index in [9.17, 15) is 39.5 Å². The summed E-state index contributed by atoms with van der Waals surface area (Å²) in [6.07, 6.45) is 1.65. The van der Waals surface area contributed by atoms with Crippen LogP contribution in [-0.4, -0.2) is 19.9 Å². The van der Waals surface area contributed by atoms with E-state index in [-0.39, 0.29) is 16.6 Å². The van der Waals surface area contributed by atoms with Crippen molar-refractivity contribution in [2.45, 2.75) is 20.8 Å². The van der Waals surface area contributed by atoms with Crippen LogP contribution in [-0.2, 0) is 0 Å². The van der Waals surface area contributed by atoms with Gasteiger partial charge in [-0.1, -0.05) is 13.8 Å². The van der Waals surface area contributed by atoms with E-state index in [0.29, 0.717) is 0 Å². The van der Waals surface area contributed by atoms with Gasteiger partial charge in [0.1, 0.15) is 0 Å². The van der Waals surface area contributed by atoms with E-state index in [1.165, 1.54) is 13.0 Å². The van der Waals surface area contributed by atoms with E-state index in [4.69, 9.17) is 0 Å². The summed E-state index contributed by atoms with van der Waals surface area (Å²) in [7, 11) is 0. The van der Waals surface area contributed by atoms with Gasteiger partial charge in [0.2, 0.25) is 17.5 Å². The van der Waals surface area contributed by atoms with Crippen LogP contribution in [0.5, 0.6) is 0 Å². The van der Waals surface area contributed by atoms with Crippen LogP contribution in [0.15, 0.2) is 30.3 Å². The van der Waals surface area contributed by atoms with E-state index in [1.54, 1.807) is 0 Å². The van der Waals surface area contributed by atoms with Crippen molar-refractivity contribution in [3.05, 3.63) is 135 Å². The second kappa shape index (κ2) is 14.6. The number of hydrogen-bond donors (Lipinski definition) is 3. The smallest absolute Gasteiger partial charge is 0.200 e. The number of fused-ring (bicyclic) bond motifs is 9. The monoisotopic (exact) mass is 840 g/mol. The number of nitrogens with one attached hydrogen (secondary N) is 3. The molecule has 19 heteroatoms. The van der Waals surface area contributed by atoms with E-state index in [0.717, 1.165) is 36.4 Å². The first-order chi connectivity index (χ1) is 27.9. The summed E-state index contributed by atoms with van der Waals surface area (Å²) >= 11 is 0. The molecule has 0 spiro atoms. The van der Waals surface area contributed by atoms with Crippen LogP contribution < -0.4 is 0 Å². The van der Waals surface area contributed by atoms with Crippen LogP contribution in [0.4, 0.5) is 65.9 Å². The zero-order valence-corrected chi connectivity index (χ0v) is 29.7. The molecule has 1 aliphatic rings. The summed E-state index contributed by atoms with van der Waals surface area (Å²) in [5.41, 5.74) is -11.1. The molecule has 4 nitrogen and oxygen atoms in total. The van der Waals surface area contributed by atoms with Crippen molar-refractivity contribution in [1.82, 2.24) is 19.9 Å². The predicted molar refractivity (Wildman–Crippen MR) is 187 cm³/mol. The highest BCUT2D eigenvalue weighted by Crippen LogP contribution is 2.42. The van der Waals surface area contributed by atoms with Gasteiger partial charge >= 0.3 is 0 Å². The van der Waals surface area contributed by atoms with Gasteiger partial charge in [-0.2, -0.15) is 0 Å². The third-order valence-electron chi connectivity index (χ3n) is 9.27. The highest BCUT2D eigenvalue weighted by atomic mass is 19.2. The fraction of sp³-hybridized carbons (Fsp3) is 0.0750. The Bertz CT molecular complexity index is 3020. The fourth-order valence-corrected chi connectivity index (χ4v) is 6.68. The molecule has 4 aromatic heterocycles. The summed E-state index contributed by atoms with van der Waals surface area (Å²) < 4.78 is 224. The predicted octanol–water partition coefficient (Wildman–Crippen LogP) is 13.1. The van der Waals surface area contributed by atoms with Gasteiger partial charge in [-0.3, -0.25) is 0 Å². The average molecular weight is 841 g/mol. The number of hydrogen-bond acceptors (Lipinski definition) is 1. The fourth-order valence-electron chi connectivity index (χ4n) is 6.68. The van der Waals surface area contributed by atoms with Crippen LogP contribution in [0.1, 0.15) is 30.8 Å². The minimum atomic E-state index is -2.60. The Balaban J connectivity index is 0.00000260. The number of halogens is 15. The summed E-state index contributed by atoms with van der Waals surface area (Å²) in [6, 6.07) is 5.12. The molecule has 304 valence electrons. The lowest BCUT2D eigenvalue weighted by Crippen LogP contribution is -2.05. The average Bonchev–Trinajstić information content (AvgIpc) is 4.07. The zero-order valence-electron chi connectivity index (χ0n) is 29.7. The summed E-state index contributed by atoms with van der Waals surface area (Å²) in [5.74, 6) is -36.5. The summed E-state index contributed by atoms with van der Waals surface area (Å²) in [6.45, 7) is 5.38. The molecule has 0 saturated heterocycles. The van der Waals surface area contributed by atoms with Crippen molar-refractivity contribution in [1.29, 1.82) is 0 Å². The van der Waals surface area contributed by atoms with Crippen molar-refractivity contribution in [3.8, 4) is 33.4 Å². The molecule has 1 aliphatic heterocycles. The van der Waals surface area contributed by atoms with Crippen LogP contribution in [0, 0.1) is 94.2 Å². The van der Waals surface area contributed by atoms with Crippen molar-refractivity contribution in [2.75, 3.05) is 0 Å². The molecular weight excluding hydrogens is 821 g/mol. The zero-order chi connectivity index (χ0) is 43.1. The molecule has 8 rings (SSSR count). The molecule has 0 aliphatic carbocycles. The Labute approximate surface area is 319 Å². The molecule has 7 aromatic rings. The van der Waals surface area contributed by atoms with E-state index >= 15 is 26.3 Å². The lowest BCUT2D eigenvalue weighted by Gasteiger charge is -2.11. The second-order valence-electron chi connectivity index (χ2n) is 12.5. The number of aryl methyl sites for hydroxylation is 1. The maximum Gasteiger partial charge on any atom is 0.200 e. The quantitative estimate of drug-likeness (QED) is 0.0926. The number of benzene rings is 3. The van der Waals surface area contributed by atoms with Gasteiger partial charge in [-0.25, -0.2) is 70.8 Å². The lowest BCUT2D eigenvalue weighted by molar-refractivity contribution is 0.381. The second-order valence-corrected chi connectivity index (χ2v) is 12.5. The minimum Gasteiger partial charge on any atom is -0.354 e. The number of aromatic nitrogens is 4. The number of rotatable bonds is 3. The van der Waals surface area contributed by atoms with Crippen molar-refractivity contribution >= 4 is 45.3 Å². The van der Waals surface area contributed by atoms with Gasteiger partial charge < -0.3 is 15.0 Å². The minimum absolute atomic E-state index is 0.0270. The molecule has 0 unspecified atom stereocenters. The Morgan fingerprint density at radius 1 is 0.339 bits per heavy atom. The highest BCUT2D eigenvalue weighted by molar-refractivity contribution is 6.00. The molecule has 3 N–H and O–H groups in total. The molecule has 0 radical (unpaired) electrons. The van der Waals surface area contributed by atoms with E-state index < -0.39 is 154 Å². The molecular formula is C40H19F15N4. The first-order valence-electron chi connectivity index (χ1n) is 16.8. The largest absolute Gasteiger partial charge is 0.354 e. The molecule has 8 bridgehead atoms. The molecule has 0 saturated carbocycles. The van der Waals surface area contributed by atoms with Gasteiger partial charge in [-0.05, 0) is 55.0 Å². The van der Waals surface area contributed by atoms with Crippen LogP contribution in [0.25, 0.3) is 78.6 Å². The van der Waals surface area contributed by atoms with E-state index in [2.05, 4.69) is 19.9 Å². The van der Waals surface area contributed by atoms with Crippen LogP contribution in [0.2, 0.25) is 0 Å². The Hall–Kier alpha value is -6.66. The summed E-state index contributed by atoms with van der Waals surface area (Å²) in [5, 5.41) is 0. The van der Waals surface area contributed by atoms with Crippen molar-refractivity contribution in [3.63, 3.8) is 0 Å². The maximum atomic E-state index is 15.6. The van der Waals surface area contributed by atoms with Gasteiger partial charge in [0.15, 0.2) is 69.8 Å². The Morgan fingerprint density at radius 2 is 0.627 bits per heavy atom. The van der Waals surface area contributed by atoms with E-state index in [1.807, 2.05) is 13.8 Å². The van der Waals surface area contributed by atoms with Gasteiger partial charge in [-0.15, -0.1) is 0 Å². The molecule has 59 heavy (non-hydrogen) atoms. The third kappa shape index (κ3) is 6.00. The molecule has 0 fully saturated rings. The molecule has 5 heterocycles. The SMILES string of the molecule is CC.Cc1cc2[nH]c1c1ccc([nH]1)c(-c1c(F)c(F)c(F)c(F)c1F)c1nc(c(-c3c(F)c(F)c(F)c(F)c3F)c3ccc([nH]3)c2-c2c(F)c(F)c(F)c(F)c2F)C=C1. The number of aromatic amines is 3. The molecule has 0 atom stereocenters. The topological polar surface area (TPSA) is 60.3 Å². The van der Waals surface area contributed by atoms with Crippen LogP contribution >= 0.6 is 0 Å². The Morgan fingerprint density at radius 3 is 1.00 bits per heavy atom. The van der Waals surface area contributed by atoms with Crippen molar-refractivity contribution < 1.29 is 65.9 Å². The first-order valence-corrected chi connectivity index (χ1v) is 16.8.